The number of rotatable bonds is 4. The molecule has 0 aromatic heterocycles. The maximum absolute atomic E-state index is 13.2. The van der Waals surface area contributed by atoms with Gasteiger partial charge in [-0.05, 0) is 35.9 Å². The summed E-state index contributed by atoms with van der Waals surface area (Å²) in [6.07, 6.45) is -0.0658. The maximum atomic E-state index is 13.2. The molecule has 0 saturated heterocycles. The van der Waals surface area contributed by atoms with E-state index in [1.165, 1.54) is 12.1 Å². The van der Waals surface area contributed by atoms with Crippen LogP contribution in [-0.4, -0.2) is 19.3 Å². The summed E-state index contributed by atoms with van der Waals surface area (Å²) in [6.45, 7) is 1.63. The van der Waals surface area contributed by atoms with Gasteiger partial charge in [0.1, 0.15) is 18.5 Å². The number of halogens is 2. The summed E-state index contributed by atoms with van der Waals surface area (Å²) >= 11 is 5.82. The number of para-hydroxylation sites is 2. The molecule has 0 bridgehead atoms. The lowest BCUT2D eigenvalue weighted by Gasteiger charge is -2.26. The predicted octanol–water partition coefficient (Wildman–Crippen LogP) is 3.41. The van der Waals surface area contributed by atoms with Gasteiger partial charge in [0.15, 0.2) is 11.5 Å². The number of fused-ring (bicyclic) bond motifs is 1. The first-order valence-electron chi connectivity index (χ1n) is 6.75. The van der Waals surface area contributed by atoms with Crippen LogP contribution in [0.4, 0.5) is 4.39 Å². The zero-order valence-corrected chi connectivity index (χ0v) is 12.1. The van der Waals surface area contributed by atoms with Crippen LogP contribution in [-0.2, 0) is 6.54 Å². The van der Waals surface area contributed by atoms with Gasteiger partial charge in [-0.3, -0.25) is 0 Å². The fourth-order valence-electron chi connectivity index (χ4n) is 2.25. The van der Waals surface area contributed by atoms with Crippen molar-refractivity contribution in [2.24, 2.45) is 0 Å². The summed E-state index contributed by atoms with van der Waals surface area (Å²) in [6, 6.07) is 12.1. The van der Waals surface area contributed by atoms with E-state index in [9.17, 15) is 4.39 Å². The molecule has 0 fully saturated rings. The lowest BCUT2D eigenvalue weighted by molar-refractivity contribution is 0.0902. The third-order valence-electron chi connectivity index (χ3n) is 3.19. The van der Waals surface area contributed by atoms with Gasteiger partial charge < -0.3 is 14.8 Å². The molecule has 0 aliphatic carbocycles. The van der Waals surface area contributed by atoms with Crippen LogP contribution in [0.1, 0.15) is 5.56 Å². The molecule has 0 saturated carbocycles. The van der Waals surface area contributed by atoms with E-state index in [1.807, 2.05) is 24.3 Å². The van der Waals surface area contributed by atoms with Crippen LogP contribution in [0.25, 0.3) is 0 Å². The predicted molar refractivity (Wildman–Crippen MR) is 79.5 cm³/mol. The van der Waals surface area contributed by atoms with E-state index in [1.54, 1.807) is 6.07 Å². The molecule has 1 unspecified atom stereocenters. The van der Waals surface area contributed by atoms with E-state index in [0.717, 1.165) is 17.1 Å². The van der Waals surface area contributed by atoms with E-state index in [4.69, 9.17) is 21.1 Å². The summed E-state index contributed by atoms with van der Waals surface area (Å²) < 4.78 is 24.7. The van der Waals surface area contributed by atoms with Crippen LogP contribution in [0.5, 0.6) is 11.5 Å². The van der Waals surface area contributed by atoms with Crippen LogP contribution in [0, 0.1) is 5.82 Å². The molecule has 1 heterocycles. The quantitative estimate of drug-likeness (QED) is 0.939. The first-order valence-corrected chi connectivity index (χ1v) is 7.13. The second kappa shape index (κ2) is 6.33. The zero-order chi connectivity index (χ0) is 14.7. The van der Waals surface area contributed by atoms with Crippen molar-refractivity contribution in [2.45, 2.75) is 12.6 Å². The molecule has 1 aliphatic rings. The average Bonchev–Trinajstić information content (AvgIpc) is 2.46. The van der Waals surface area contributed by atoms with E-state index in [-0.39, 0.29) is 11.9 Å². The van der Waals surface area contributed by atoms with E-state index >= 15 is 0 Å². The largest absolute Gasteiger partial charge is 0.486 e. The molecule has 5 heteroatoms. The minimum absolute atomic E-state index is 0.0658. The summed E-state index contributed by atoms with van der Waals surface area (Å²) in [5.41, 5.74) is 0.803. The Morgan fingerprint density at radius 2 is 2.00 bits per heavy atom. The molecule has 0 spiro atoms. The van der Waals surface area contributed by atoms with Gasteiger partial charge in [-0.25, -0.2) is 4.39 Å². The number of nitrogens with one attached hydrogen (secondary N) is 1. The monoisotopic (exact) mass is 307 g/mol. The molecule has 110 valence electrons. The molecule has 0 amide bonds. The molecule has 1 aliphatic heterocycles. The Kier molecular flexibility index (Phi) is 4.27. The fourth-order valence-corrected chi connectivity index (χ4v) is 2.50. The highest BCUT2D eigenvalue weighted by atomic mass is 35.5. The zero-order valence-electron chi connectivity index (χ0n) is 11.3. The van der Waals surface area contributed by atoms with Gasteiger partial charge in [-0.2, -0.15) is 0 Å². The molecule has 3 nitrogen and oxygen atoms in total. The molecule has 2 aromatic rings. The van der Waals surface area contributed by atoms with Gasteiger partial charge in [0.2, 0.25) is 0 Å². The smallest absolute Gasteiger partial charge is 0.161 e. The third-order valence-corrected chi connectivity index (χ3v) is 3.41. The molecule has 21 heavy (non-hydrogen) atoms. The Morgan fingerprint density at radius 1 is 1.19 bits per heavy atom. The molecule has 1 N–H and O–H groups in total. The number of hydrogen-bond acceptors (Lipinski definition) is 3. The SMILES string of the molecule is Fc1cc(Cl)cc(CNCC2COc3ccccc3O2)c1. The fraction of sp³-hybridized carbons (Fsp3) is 0.250. The van der Waals surface area contributed by atoms with Crippen molar-refractivity contribution < 1.29 is 13.9 Å². The van der Waals surface area contributed by atoms with Gasteiger partial charge in [-0.1, -0.05) is 23.7 Å². The van der Waals surface area contributed by atoms with Gasteiger partial charge in [0.25, 0.3) is 0 Å². The Morgan fingerprint density at radius 3 is 2.81 bits per heavy atom. The summed E-state index contributed by atoms with van der Waals surface area (Å²) in [7, 11) is 0. The lowest BCUT2D eigenvalue weighted by Crippen LogP contribution is -2.38. The van der Waals surface area contributed by atoms with Crippen molar-refractivity contribution in [3.8, 4) is 11.5 Å². The van der Waals surface area contributed by atoms with Gasteiger partial charge in [0, 0.05) is 18.1 Å². The Hall–Kier alpha value is -1.78. The van der Waals surface area contributed by atoms with Crippen LogP contribution >= 0.6 is 11.6 Å². The minimum atomic E-state index is -0.328. The van der Waals surface area contributed by atoms with E-state index in [2.05, 4.69) is 5.32 Å². The Bertz CT molecular complexity index is 615. The molecule has 2 aromatic carbocycles. The molecule has 0 radical (unpaired) electrons. The first-order chi connectivity index (χ1) is 10.2. The number of ether oxygens (including phenoxy) is 2. The van der Waals surface area contributed by atoms with Crippen molar-refractivity contribution in [1.29, 1.82) is 0 Å². The lowest BCUT2D eigenvalue weighted by atomic mass is 10.2. The van der Waals surface area contributed by atoms with Crippen LogP contribution in [0.15, 0.2) is 42.5 Å². The van der Waals surface area contributed by atoms with Crippen molar-refractivity contribution in [1.82, 2.24) is 5.32 Å². The molecular formula is C16H15ClFNO2. The van der Waals surface area contributed by atoms with Gasteiger partial charge in [0.05, 0.1) is 0 Å². The Balaban J connectivity index is 1.52. The summed E-state index contributed by atoms with van der Waals surface area (Å²) in [5, 5.41) is 3.63. The highest BCUT2D eigenvalue weighted by Crippen LogP contribution is 2.30. The molecule has 3 rings (SSSR count). The second-order valence-electron chi connectivity index (χ2n) is 4.91. The normalized spacial score (nSPS) is 16.8. The highest BCUT2D eigenvalue weighted by molar-refractivity contribution is 6.30. The topological polar surface area (TPSA) is 30.5 Å². The third kappa shape index (κ3) is 3.65. The van der Waals surface area contributed by atoms with Crippen molar-refractivity contribution >= 4 is 11.6 Å². The van der Waals surface area contributed by atoms with Gasteiger partial charge in [-0.15, -0.1) is 0 Å². The average molecular weight is 308 g/mol. The maximum Gasteiger partial charge on any atom is 0.161 e. The summed E-state index contributed by atoms with van der Waals surface area (Å²) in [5.74, 6) is 1.19. The number of benzene rings is 2. The molecular weight excluding hydrogens is 293 g/mol. The van der Waals surface area contributed by atoms with Crippen LogP contribution < -0.4 is 14.8 Å². The molecule has 1 atom stereocenters. The Labute approximate surface area is 127 Å². The van der Waals surface area contributed by atoms with Crippen molar-refractivity contribution in [3.05, 3.63) is 58.9 Å². The van der Waals surface area contributed by atoms with Crippen molar-refractivity contribution in [3.63, 3.8) is 0 Å². The number of hydrogen-bond donors (Lipinski definition) is 1. The van der Waals surface area contributed by atoms with Crippen LogP contribution in [0.2, 0.25) is 5.02 Å². The summed E-state index contributed by atoms with van der Waals surface area (Å²) in [4.78, 5) is 0. The van der Waals surface area contributed by atoms with Gasteiger partial charge >= 0.3 is 0 Å². The highest BCUT2D eigenvalue weighted by Gasteiger charge is 2.19. The van der Waals surface area contributed by atoms with Crippen LogP contribution in [0.3, 0.4) is 0 Å². The van der Waals surface area contributed by atoms with E-state index < -0.39 is 0 Å². The standard InChI is InChI=1S/C16H15ClFNO2/c17-12-5-11(6-13(18)7-12)8-19-9-14-10-20-15-3-1-2-4-16(15)21-14/h1-7,14,19H,8-10H2. The van der Waals surface area contributed by atoms with Crippen molar-refractivity contribution in [2.75, 3.05) is 13.2 Å². The van der Waals surface area contributed by atoms with E-state index in [0.29, 0.717) is 24.7 Å². The second-order valence-corrected chi connectivity index (χ2v) is 5.34. The first kappa shape index (κ1) is 14.2. The minimum Gasteiger partial charge on any atom is -0.486 e.